The number of esters is 2. The number of carboxylic acids is 2. The van der Waals surface area contributed by atoms with E-state index in [2.05, 4.69) is 27.7 Å². The van der Waals surface area contributed by atoms with Gasteiger partial charge in [-0.2, -0.15) is 0 Å². The molecule has 0 N–H and O–H groups in total. The first kappa shape index (κ1) is 75.7. The van der Waals surface area contributed by atoms with Crippen molar-refractivity contribution in [2.24, 2.45) is 0 Å². The third-order valence-electron chi connectivity index (χ3n) is 14.6. The van der Waals surface area contributed by atoms with Gasteiger partial charge >= 0.3 is 31.4 Å². The van der Waals surface area contributed by atoms with E-state index in [0.717, 1.165) is 116 Å². The molecule has 0 spiro atoms. The molecule has 428 valence electrons. The molecule has 0 aromatic heterocycles. The van der Waals surface area contributed by atoms with Crippen LogP contribution < -0.4 is 10.2 Å². The van der Waals surface area contributed by atoms with Crippen LogP contribution in [0.4, 0.5) is 0 Å². The minimum absolute atomic E-state index is 0. The molecule has 0 rings (SSSR count). The fourth-order valence-corrected chi connectivity index (χ4v) is 9.99. The Labute approximate surface area is 466 Å². The van der Waals surface area contributed by atoms with Crippen LogP contribution in [0.2, 0.25) is 0 Å². The van der Waals surface area contributed by atoms with Crippen molar-refractivity contribution in [1.82, 2.24) is 0 Å². The number of carbonyl (C=O) groups is 4. The van der Waals surface area contributed by atoms with E-state index in [1.165, 1.54) is 205 Å². The summed E-state index contributed by atoms with van der Waals surface area (Å²) in [5, 5.41) is 20.7. The molecule has 8 nitrogen and oxygen atoms in total. The second-order valence-electron chi connectivity index (χ2n) is 22.0. The molecule has 0 aromatic carbocycles. The van der Waals surface area contributed by atoms with Crippen molar-refractivity contribution < 1.29 is 58.3 Å². The van der Waals surface area contributed by atoms with Crippen LogP contribution in [-0.2, 0) is 48.1 Å². The first-order valence-corrected chi connectivity index (χ1v) is 32.0. The molecule has 0 fully saturated rings. The topological polar surface area (TPSA) is 133 Å². The van der Waals surface area contributed by atoms with Gasteiger partial charge in [-0.25, -0.2) is 0 Å². The molecule has 0 heterocycles. The molecule has 9 heteroatoms. The molecule has 0 saturated heterocycles. The SMILES string of the molecule is CCCCCCCCCCCCCC(=O)OC(CCC)CCCCCCCCCCCCCC(=O)[O-].CCCCCCCCCCCCCC(=O)OC(CCC)CCCCCCCCCCCCCC(=O)[O-].[Zn+2]. The van der Waals surface area contributed by atoms with Gasteiger partial charge in [0.05, 0.1) is 0 Å². The molecule has 0 aliphatic carbocycles. The van der Waals surface area contributed by atoms with Crippen molar-refractivity contribution in [3.63, 3.8) is 0 Å². The molecule has 73 heavy (non-hydrogen) atoms. The Morgan fingerprint density at radius 3 is 0.658 bits per heavy atom. The molecule has 0 aromatic rings. The van der Waals surface area contributed by atoms with Gasteiger partial charge in [0, 0.05) is 24.8 Å². The fraction of sp³-hybridized carbons (Fsp3) is 0.938. The van der Waals surface area contributed by atoms with E-state index < -0.39 is 11.9 Å². The second-order valence-corrected chi connectivity index (χ2v) is 22.0. The molecule has 2 unspecified atom stereocenters. The maximum atomic E-state index is 12.3. The first-order valence-electron chi connectivity index (χ1n) is 32.0. The summed E-state index contributed by atoms with van der Waals surface area (Å²) in [5.74, 6) is -1.81. The van der Waals surface area contributed by atoms with Gasteiger partial charge in [0.1, 0.15) is 12.2 Å². The Bertz CT molecular complexity index is 1050. The van der Waals surface area contributed by atoms with Crippen LogP contribution in [0.15, 0.2) is 0 Å². The van der Waals surface area contributed by atoms with E-state index in [0.29, 0.717) is 12.8 Å². The zero-order valence-corrected chi connectivity index (χ0v) is 52.3. The average Bonchev–Trinajstić information content (AvgIpc) is 3.35. The summed E-state index contributed by atoms with van der Waals surface area (Å²) in [5.41, 5.74) is 0. The van der Waals surface area contributed by atoms with Crippen molar-refractivity contribution in [2.45, 2.75) is 387 Å². The van der Waals surface area contributed by atoms with Gasteiger partial charge in [-0.3, -0.25) is 9.59 Å². The number of hydrogen-bond acceptors (Lipinski definition) is 8. The van der Waals surface area contributed by atoms with Crippen LogP contribution in [0.3, 0.4) is 0 Å². The summed E-state index contributed by atoms with van der Waals surface area (Å²) in [4.78, 5) is 45.3. The standard InChI is InChI=1S/2C32H62O4.Zn/c2*1-3-5-6-7-8-9-11-16-19-22-25-29-32(35)36-30(26-4-2)27-23-20-17-14-12-10-13-15-18-21-24-28-31(33)34;/h2*30H,3-29H2,1-2H3,(H,33,34);/q;;+2/p-2. The number of carbonyl (C=O) groups excluding carboxylic acids is 4. The van der Waals surface area contributed by atoms with E-state index in [1.54, 1.807) is 0 Å². The van der Waals surface area contributed by atoms with E-state index in [4.69, 9.17) is 9.47 Å². The van der Waals surface area contributed by atoms with Gasteiger partial charge < -0.3 is 29.3 Å². The summed E-state index contributed by atoms with van der Waals surface area (Å²) in [6.07, 6.45) is 62.6. The number of aliphatic carboxylic acids is 2. The normalized spacial score (nSPS) is 11.9. The predicted octanol–water partition coefficient (Wildman–Crippen LogP) is 18.4. The van der Waals surface area contributed by atoms with Crippen molar-refractivity contribution in [3.8, 4) is 0 Å². The Morgan fingerprint density at radius 1 is 0.260 bits per heavy atom. The van der Waals surface area contributed by atoms with Crippen LogP contribution in [0.1, 0.15) is 374 Å². The van der Waals surface area contributed by atoms with Crippen molar-refractivity contribution in [2.75, 3.05) is 0 Å². The van der Waals surface area contributed by atoms with Gasteiger partial charge in [0.15, 0.2) is 0 Å². The Hall–Kier alpha value is -1.50. The quantitative estimate of drug-likeness (QED) is 0.0334. The smallest absolute Gasteiger partial charge is 0.550 e. The Balaban J connectivity index is -0.00000132. The van der Waals surface area contributed by atoms with Crippen LogP contribution in [0, 0.1) is 0 Å². The van der Waals surface area contributed by atoms with Gasteiger partial charge in [-0.15, -0.1) is 0 Å². The zero-order valence-electron chi connectivity index (χ0n) is 49.3. The molecular weight excluding hydrogens is 962 g/mol. The fourth-order valence-electron chi connectivity index (χ4n) is 9.99. The molecule has 0 amide bonds. The van der Waals surface area contributed by atoms with E-state index in [1.807, 2.05) is 0 Å². The molecule has 0 bridgehead atoms. The summed E-state index contributed by atoms with van der Waals surface area (Å²) >= 11 is 0. The minimum atomic E-state index is -0.922. The summed E-state index contributed by atoms with van der Waals surface area (Å²) in [6.45, 7) is 8.88. The van der Waals surface area contributed by atoms with Gasteiger partial charge in [0.25, 0.3) is 0 Å². The van der Waals surface area contributed by atoms with Crippen LogP contribution >= 0.6 is 0 Å². The van der Waals surface area contributed by atoms with E-state index >= 15 is 0 Å². The largest absolute Gasteiger partial charge is 2.00 e. The molecule has 0 aliphatic rings. The predicted molar refractivity (Wildman–Crippen MR) is 302 cm³/mol. The van der Waals surface area contributed by atoms with E-state index in [9.17, 15) is 29.4 Å². The van der Waals surface area contributed by atoms with Gasteiger partial charge in [-0.05, 0) is 77.0 Å². The average molecular weight is 1090 g/mol. The minimum Gasteiger partial charge on any atom is -0.550 e. The summed E-state index contributed by atoms with van der Waals surface area (Å²) in [7, 11) is 0. The maximum absolute atomic E-state index is 12.3. The Kier molecular flexibility index (Phi) is 67.2. The van der Waals surface area contributed by atoms with Crippen molar-refractivity contribution >= 4 is 23.9 Å². The number of hydrogen-bond donors (Lipinski definition) is 0. The molecule has 0 saturated carbocycles. The molecule has 0 radical (unpaired) electrons. The number of ether oxygens (including phenoxy) is 2. The van der Waals surface area contributed by atoms with Crippen molar-refractivity contribution in [1.29, 1.82) is 0 Å². The van der Waals surface area contributed by atoms with Crippen LogP contribution in [0.25, 0.3) is 0 Å². The van der Waals surface area contributed by atoms with Crippen molar-refractivity contribution in [3.05, 3.63) is 0 Å². The zero-order chi connectivity index (χ0) is 53.1. The number of rotatable bonds is 58. The van der Waals surface area contributed by atoms with E-state index in [-0.39, 0.29) is 56.5 Å². The van der Waals surface area contributed by atoms with Crippen LogP contribution in [-0.4, -0.2) is 36.1 Å². The molecule has 0 aliphatic heterocycles. The molecular formula is C64H122O8Zn. The monoisotopic (exact) mass is 1080 g/mol. The number of carboxylic acid groups (broad SMARTS) is 2. The summed E-state index contributed by atoms with van der Waals surface area (Å²) < 4.78 is 11.6. The maximum Gasteiger partial charge on any atom is 2.00 e. The molecule has 2 atom stereocenters. The third-order valence-corrected chi connectivity index (χ3v) is 14.6. The van der Waals surface area contributed by atoms with Crippen LogP contribution in [0.5, 0.6) is 0 Å². The third kappa shape index (κ3) is 66.6. The number of unbranched alkanes of at least 4 members (excludes halogenated alkanes) is 40. The summed E-state index contributed by atoms with van der Waals surface area (Å²) in [6, 6.07) is 0. The first-order chi connectivity index (χ1) is 35.2. The second kappa shape index (κ2) is 64.8. The van der Waals surface area contributed by atoms with Gasteiger partial charge in [0.2, 0.25) is 0 Å². The Morgan fingerprint density at radius 2 is 0.452 bits per heavy atom. The van der Waals surface area contributed by atoms with Gasteiger partial charge in [-0.1, -0.05) is 285 Å².